The minimum Gasteiger partial charge on any atom is -0.507 e. The fourth-order valence-corrected chi connectivity index (χ4v) is 5.39. The molecular weight excluding hydrogens is 432 g/mol. The normalized spacial score (nSPS) is 11.3. The lowest BCUT2D eigenvalue weighted by atomic mass is 9.84. The smallest absolute Gasteiger partial charge is 0.336 e. The van der Waals surface area contributed by atoms with Gasteiger partial charge in [0.1, 0.15) is 5.75 Å². The SMILES string of the molecule is CCCCCCCCc1c(O)c(C)c(CCCCCCCC)c(C(=O)O)c1CCCCCCCC. The van der Waals surface area contributed by atoms with Gasteiger partial charge in [-0.25, -0.2) is 4.79 Å². The maximum absolute atomic E-state index is 12.6. The summed E-state index contributed by atoms with van der Waals surface area (Å²) in [5.74, 6) is -0.426. The Morgan fingerprint density at radius 3 is 1.29 bits per heavy atom. The molecule has 3 nitrogen and oxygen atoms in total. The molecule has 0 radical (unpaired) electrons. The number of unbranched alkanes of at least 4 members (excludes halogenated alkanes) is 15. The summed E-state index contributed by atoms with van der Waals surface area (Å²) in [4.78, 5) is 12.6. The van der Waals surface area contributed by atoms with E-state index in [1.165, 1.54) is 77.0 Å². The van der Waals surface area contributed by atoms with Gasteiger partial charge in [-0.05, 0) is 67.7 Å². The molecule has 0 spiro atoms. The number of carboxylic acids is 1. The Kier molecular flexibility index (Phi) is 17.7. The summed E-state index contributed by atoms with van der Waals surface area (Å²) in [6.45, 7) is 8.63. The van der Waals surface area contributed by atoms with Crippen molar-refractivity contribution in [3.63, 3.8) is 0 Å². The fraction of sp³-hybridized carbons (Fsp3) is 0.781. The molecule has 1 aromatic rings. The van der Waals surface area contributed by atoms with E-state index in [9.17, 15) is 15.0 Å². The van der Waals surface area contributed by atoms with Crippen LogP contribution in [0.4, 0.5) is 0 Å². The van der Waals surface area contributed by atoms with E-state index < -0.39 is 5.97 Å². The Bertz CT molecular complexity index is 707. The van der Waals surface area contributed by atoms with Crippen LogP contribution in [-0.4, -0.2) is 16.2 Å². The summed E-state index contributed by atoms with van der Waals surface area (Å²) in [5.41, 5.74) is 4.08. The molecule has 0 bridgehead atoms. The Morgan fingerprint density at radius 2 is 0.886 bits per heavy atom. The first-order valence-corrected chi connectivity index (χ1v) is 15.1. The number of phenolic OH excluding ortho intramolecular Hbond substituents is 1. The minimum atomic E-state index is -0.806. The Labute approximate surface area is 217 Å². The maximum atomic E-state index is 12.6. The molecule has 0 aromatic heterocycles. The first kappa shape index (κ1) is 31.5. The lowest BCUT2D eigenvalue weighted by molar-refractivity contribution is 0.0694. The van der Waals surface area contributed by atoms with Crippen molar-refractivity contribution in [3.05, 3.63) is 27.8 Å². The van der Waals surface area contributed by atoms with Crippen LogP contribution in [0.1, 0.15) is 169 Å². The van der Waals surface area contributed by atoms with Crippen LogP contribution in [0.3, 0.4) is 0 Å². The summed E-state index contributed by atoms with van der Waals surface area (Å²) in [6, 6.07) is 0. The third-order valence-corrected chi connectivity index (χ3v) is 7.62. The summed E-state index contributed by atoms with van der Waals surface area (Å²) >= 11 is 0. The van der Waals surface area contributed by atoms with Crippen molar-refractivity contribution in [2.45, 2.75) is 163 Å². The van der Waals surface area contributed by atoms with Crippen LogP contribution in [0.15, 0.2) is 0 Å². The van der Waals surface area contributed by atoms with Crippen molar-refractivity contribution in [2.75, 3.05) is 0 Å². The number of aromatic hydroxyl groups is 1. The van der Waals surface area contributed by atoms with Crippen molar-refractivity contribution < 1.29 is 15.0 Å². The average molecular weight is 489 g/mol. The summed E-state index contributed by atoms with van der Waals surface area (Å²) in [6.07, 6.45) is 23.7. The maximum Gasteiger partial charge on any atom is 0.336 e. The first-order chi connectivity index (χ1) is 17.0. The van der Waals surface area contributed by atoms with Crippen LogP contribution in [0.5, 0.6) is 5.75 Å². The van der Waals surface area contributed by atoms with Crippen molar-refractivity contribution in [1.82, 2.24) is 0 Å². The average Bonchev–Trinajstić information content (AvgIpc) is 2.84. The highest BCUT2D eigenvalue weighted by atomic mass is 16.4. The van der Waals surface area contributed by atoms with Crippen LogP contribution in [0.25, 0.3) is 0 Å². The molecular formula is C32H56O3. The number of phenols is 1. The molecule has 3 heteroatoms. The van der Waals surface area contributed by atoms with Gasteiger partial charge in [-0.15, -0.1) is 0 Å². The van der Waals surface area contributed by atoms with Crippen molar-refractivity contribution in [1.29, 1.82) is 0 Å². The van der Waals surface area contributed by atoms with Gasteiger partial charge in [0.15, 0.2) is 0 Å². The fourth-order valence-electron chi connectivity index (χ4n) is 5.39. The summed E-state index contributed by atoms with van der Waals surface area (Å²) in [5, 5.41) is 21.6. The third-order valence-electron chi connectivity index (χ3n) is 7.62. The number of rotatable bonds is 22. The lowest BCUT2D eigenvalue weighted by Crippen LogP contribution is -2.13. The second-order valence-corrected chi connectivity index (χ2v) is 10.6. The monoisotopic (exact) mass is 488 g/mol. The molecule has 0 amide bonds. The summed E-state index contributed by atoms with van der Waals surface area (Å²) in [7, 11) is 0. The number of carbonyl (C=O) groups is 1. The topological polar surface area (TPSA) is 57.5 Å². The molecule has 1 rings (SSSR count). The van der Waals surface area contributed by atoms with E-state index in [0.717, 1.165) is 80.0 Å². The van der Waals surface area contributed by atoms with Gasteiger partial charge in [0.2, 0.25) is 0 Å². The molecule has 0 aliphatic carbocycles. The zero-order valence-corrected chi connectivity index (χ0v) is 23.7. The Balaban J connectivity index is 3.07. The number of hydrogen-bond acceptors (Lipinski definition) is 2. The molecule has 0 aliphatic rings. The van der Waals surface area contributed by atoms with E-state index in [0.29, 0.717) is 11.3 Å². The van der Waals surface area contributed by atoms with Gasteiger partial charge >= 0.3 is 5.97 Å². The summed E-state index contributed by atoms with van der Waals surface area (Å²) < 4.78 is 0. The highest BCUT2D eigenvalue weighted by molar-refractivity contribution is 5.93. The number of hydrogen-bond donors (Lipinski definition) is 2. The number of aromatic carboxylic acids is 1. The van der Waals surface area contributed by atoms with Crippen molar-refractivity contribution in [3.8, 4) is 5.75 Å². The van der Waals surface area contributed by atoms with Crippen LogP contribution in [0, 0.1) is 6.92 Å². The van der Waals surface area contributed by atoms with E-state index >= 15 is 0 Å². The van der Waals surface area contributed by atoms with Gasteiger partial charge in [0.25, 0.3) is 0 Å². The van der Waals surface area contributed by atoms with E-state index in [1.54, 1.807) is 0 Å². The molecule has 0 heterocycles. The van der Waals surface area contributed by atoms with Gasteiger partial charge < -0.3 is 10.2 Å². The molecule has 202 valence electrons. The van der Waals surface area contributed by atoms with E-state index in [1.807, 2.05) is 6.92 Å². The largest absolute Gasteiger partial charge is 0.507 e. The second kappa shape index (κ2) is 19.7. The van der Waals surface area contributed by atoms with E-state index in [2.05, 4.69) is 20.8 Å². The molecule has 0 saturated heterocycles. The lowest BCUT2D eigenvalue weighted by Gasteiger charge is -2.22. The van der Waals surface area contributed by atoms with Gasteiger partial charge in [0, 0.05) is 0 Å². The molecule has 2 N–H and O–H groups in total. The predicted octanol–water partition coefficient (Wildman–Crippen LogP) is 10.1. The number of carboxylic acid groups (broad SMARTS) is 1. The zero-order chi connectivity index (χ0) is 25.9. The molecule has 0 aliphatic heterocycles. The highest BCUT2D eigenvalue weighted by Gasteiger charge is 2.24. The van der Waals surface area contributed by atoms with Crippen LogP contribution in [0.2, 0.25) is 0 Å². The first-order valence-electron chi connectivity index (χ1n) is 15.1. The quantitative estimate of drug-likeness (QED) is 0.160. The number of benzene rings is 1. The third kappa shape index (κ3) is 11.8. The Hall–Kier alpha value is -1.51. The van der Waals surface area contributed by atoms with Crippen molar-refractivity contribution in [2.24, 2.45) is 0 Å². The van der Waals surface area contributed by atoms with Gasteiger partial charge in [-0.2, -0.15) is 0 Å². The van der Waals surface area contributed by atoms with Gasteiger partial charge in [0.05, 0.1) is 5.56 Å². The van der Waals surface area contributed by atoms with Gasteiger partial charge in [-0.3, -0.25) is 0 Å². The molecule has 0 atom stereocenters. The van der Waals surface area contributed by atoms with Crippen LogP contribution < -0.4 is 0 Å². The van der Waals surface area contributed by atoms with Crippen LogP contribution in [-0.2, 0) is 19.3 Å². The van der Waals surface area contributed by atoms with Crippen LogP contribution >= 0.6 is 0 Å². The second-order valence-electron chi connectivity index (χ2n) is 10.6. The molecule has 0 fully saturated rings. The van der Waals surface area contributed by atoms with Gasteiger partial charge in [-0.1, -0.05) is 117 Å². The molecule has 0 saturated carbocycles. The highest BCUT2D eigenvalue weighted by Crippen LogP contribution is 2.36. The molecule has 35 heavy (non-hydrogen) atoms. The van der Waals surface area contributed by atoms with Crippen molar-refractivity contribution >= 4 is 5.97 Å². The standard InChI is InChI=1S/C32H56O3/c1-5-8-11-14-17-20-23-27-26(4)31(33)29(25-22-19-16-13-10-7-3)28(30(27)32(34)35)24-21-18-15-12-9-6-2/h33H,5-25H2,1-4H3,(H,34,35). The predicted molar refractivity (Wildman–Crippen MR) is 151 cm³/mol. The Morgan fingerprint density at radius 1 is 0.543 bits per heavy atom. The molecule has 1 aromatic carbocycles. The van der Waals surface area contributed by atoms with E-state index in [4.69, 9.17) is 0 Å². The minimum absolute atomic E-state index is 0.380. The van der Waals surface area contributed by atoms with E-state index in [-0.39, 0.29) is 0 Å². The zero-order valence-electron chi connectivity index (χ0n) is 23.7. The molecule has 0 unspecified atom stereocenters.